The van der Waals surface area contributed by atoms with E-state index in [-0.39, 0.29) is 12.8 Å². The number of benzene rings is 1. The zero-order valence-electron chi connectivity index (χ0n) is 12.2. The van der Waals surface area contributed by atoms with Crippen LogP contribution in [0, 0.1) is 5.92 Å². The van der Waals surface area contributed by atoms with Crippen LogP contribution in [0.25, 0.3) is 0 Å². The Balaban J connectivity index is 2.21. The van der Waals surface area contributed by atoms with Crippen molar-refractivity contribution in [3.05, 3.63) is 23.8 Å². The summed E-state index contributed by atoms with van der Waals surface area (Å²) < 4.78 is 43.4. The summed E-state index contributed by atoms with van der Waals surface area (Å²) in [5.74, 6) is -0.671. The van der Waals surface area contributed by atoms with Crippen molar-refractivity contribution in [1.29, 1.82) is 0 Å². The van der Waals surface area contributed by atoms with Gasteiger partial charge in [0.1, 0.15) is 5.75 Å². The highest BCUT2D eigenvalue weighted by Crippen LogP contribution is 2.39. The van der Waals surface area contributed by atoms with Crippen molar-refractivity contribution in [1.82, 2.24) is 0 Å². The molecule has 1 heterocycles. The number of aliphatic hydroxyl groups excluding tert-OH is 1. The number of hydrogen-bond donors (Lipinski definition) is 1. The maximum absolute atomic E-state index is 12.7. The fourth-order valence-electron chi connectivity index (χ4n) is 2.85. The van der Waals surface area contributed by atoms with Crippen LogP contribution >= 0.6 is 0 Å². The molecule has 118 valence electrons. The topological polar surface area (TPSA) is 32.7 Å². The molecule has 2 rings (SSSR count). The summed E-state index contributed by atoms with van der Waals surface area (Å²) in [4.78, 5) is 1.90. The Morgan fingerprint density at radius 3 is 2.38 bits per heavy atom. The third-order valence-corrected chi connectivity index (χ3v) is 3.98. The zero-order valence-corrected chi connectivity index (χ0v) is 12.2. The summed E-state index contributed by atoms with van der Waals surface area (Å²) >= 11 is 0. The Labute approximate surface area is 122 Å². The number of aliphatic hydroxyl groups is 1. The Morgan fingerprint density at radius 1 is 1.29 bits per heavy atom. The number of alkyl halides is 3. The van der Waals surface area contributed by atoms with Crippen molar-refractivity contribution in [2.24, 2.45) is 5.92 Å². The molecular formula is C15H20F3NO2. The second-order valence-electron chi connectivity index (χ2n) is 5.37. The van der Waals surface area contributed by atoms with Gasteiger partial charge in [-0.15, -0.1) is 0 Å². The minimum atomic E-state index is -4.12. The van der Waals surface area contributed by atoms with Gasteiger partial charge in [-0.1, -0.05) is 6.07 Å². The lowest BCUT2D eigenvalue weighted by Gasteiger charge is -2.36. The summed E-state index contributed by atoms with van der Waals surface area (Å²) in [5.41, 5.74) is 1.38. The average molecular weight is 303 g/mol. The first-order valence-electron chi connectivity index (χ1n) is 7.01. The average Bonchev–Trinajstić information content (AvgIpc) is 2.45. The van der Waals surface area contributed by atoms with Gasteiger partial charge >= 0.3 is 6.18 Å². The lowest BCUT2D eigenvalue weighted by molar-refractivity contribution is -0.179. The Bertz CT molecular complexity index is 480. The Hall–Kier alpha value is -1.43. The van der Waals surface area contributed by atoms with Gasteiger partial charge in [0.05, 0.1) is 19.1 Å². The van der Waals surface area contributed by atoms with Crippen LogP contribution in [0.5, 0.6) is 5.75 Å². The fraction of sp³-hybridized carbons (Fsp3) is 0.600. The van der Waals surface area contributed by atoms with E-state index in [1.165, 1.54) is 7.11 Å². The molecule has 0 saturated carbocycles. The number of halogens is 3. The zero-order chi connectivity index (χ0) is 15.6. The molecule has 0 radical (unpaired) electrons. The second-order valence-corrected chi connectivity index (χ2v) is 5.37. The molecule has 3 nitrogen and oxygen atoms in total. The van der Waals surface area contributed by atoms with Gasteiger partial charge in [-0.25, -0.2) is 0 Å². The molecule has 21 heavy (non-hydrogen) atoms. The summed E-state index contributed by atoms with van der Waals surface area (Å²) in [5, 5.41) is 9.94. The molecule has 6 heteroatoms. The van der Waals surface area contributed by atoms with E-state index in [0.29, 0.717) is 24.4 Å². The molecule has 1 aromatic carbocycles. The van der Waals surface area contributed by atoms with E-state index in [2.05, 4.69) is 0 Å². The smallest absolute Gasteiger partial charge is 0.391 e. The molecule has 0 aromatic heterocycles. The maximum atomic E-state index is 12.7. The predicted molar refractivity (Wildman–Crippen MR) is 74.6 cm³/mol. The van der Waals surface area contributed by atoms with Gasteiger partial charge in [0.2, 0.25) is 0 Å². The molecule has 0 spiro atoms. The number of hydrogen-bond acceptors (Lipinski definition) is 3. The largest absolute Gasteiger partial charge is 0.496 e. The van der Waals surface area contributed by atoms with Gasteiger partial charge in [-0.3, -0.25) is 0 Å². The number of methoxy groups -OCH3 is 1. The Kier molecular flexibility index (Phi) is 4.66. The van der Waals surface area contributed by atoms with Crippen LogP contribution in [0.15, 0.2) is 18.2 Å². The number of nitrogens with zero attached hydrogens (tertiary/aromatic N) is 1. The van der Waals surface area contributed by atoms with E-state index in [1.54, 1.807) is 19.1 Å². The van der Waals surface area contributed by atoms with Crippen LogP contribution in [-0.4, -0.2) is 31.5 Å². The van der Waals surface area contributed by atoms with E-state index in [9.17, 15) is 18.3 Å². The minimum absolute atomic E-state index is 0.0833. The summed E-state index contributed by atoms with van der Waals surface area (Å²) in [7, 11) is 1.51. The Morgan fingerprint density at radius 2 is 1.90 bits per heavy atom. The molecule has 1 aromatic rings. The van der Waals surface area contributed by atoms with Gasteiger partial charge < -0.3 is 14.7 Å². The number of anilines is 1. The SMILES string of the molecule is COc1cccc(N2CCC(C(F)(F)F)CC2)c1[C@@H](C)O. The van der Waals surface area contributed by atoms with Crippen LogP contribution in [0.1, 0.15) is 31.4 Å². The van der Waals surface area contributed by atoms with Gasteiger partial charge in [-0.2, -0.15) is 13.2 Å². The van der Waals surface area contributed by atoms with E-state index in [0.717, 1.165) is 5.69 Å². The van der Waals surface area contributed by atoms with Crippen molar-refractivity contribution in [2.75, 3.05) is 25.1 Å². The number of piperidine rings is 1. The molecule has 0 aliphatic carbocycles. The highest BCUT2D eigenvalue weighted by molar-refractivity contribution is 5.60. The molecule has 0 amide bonds. The molecule has 1 aliphatic heterocycles. The molecule has 1 saturated heterocycles. The molecule has 1 N–H and O–H groups in total. The molecule has 0 unspecified atom stereocenters. The molecule has 1 aliphatic rings. The monoisotopic (exact) mass is 303 g/mol. The van der Waals surface area contributed by atoms with Gasteiger partial charge in [0, 0.05) is 24.3 Å². The van der Waals surface area contributed by atoms with E-state index < -0.39 is 18.2 Å². The van der Waals surface area contributed by atoms with E-state index >= 15 is 0 Å². The fourth-order valence-corrected chi connectivity index (χ4v) is 2.85. The van der Waals surface area contributed by atoms with Crippen molar-refractivity contribution >= 4 is 5.69 Å². The van der Waals surface area contributed by atoms with Crippen LogP contribution in [0.4, 0.5) is 18.9 Å². The summed E-state index contributed by atoms with van der Waals surface area (Å²) in [6.45, 7) is 2.29. The quantitative estimate of drug-likeness (QED) is 0.927. The third kappa shape index (κ3) is 3.43. The third-order valence-electron chi connectivity index (χ3n) is 3.98. The van der Waals surface area contributed by atoms with Crippen LogP contribution < -0.4 is 9.64 Å². The summed E-state index contributed by atoms with van der Waals surface area (Å²) in [6.07, 6.45) is -4.69. The normalized spacial score (nSPS) is 18.7. The standard InChI is InChI=1S/C15H20F3NO2/c1-10(20)14-12(4-3-5-13(14)21-2)19-8-6-11(7-9-19)15(16,17)18/h3-5,10-11,20H,6-9H2,1-2H3/t10-/m1/s1. The van der Waals surface area contributed by atoms with Crippen molar-refractivity contribution in [2.45, 2.75) is 32.0 Å². The highest BCUT2D eigenvalue weighted by Gasteiger charge is 2.41. The maximum Gasteiger partial charge on any atom is 0.391 e. The molecule has 1 atom stereocenters. The predicted octanol–water partition coefficient (Wildman–Crippen LogP) is 3.53. The van der Waals surface area contributed by atoms with Gasteiger partial charge in [-0.05, 0) is 31.9 Å². The van der Waals surface area contributed by atoms with Crippen molar-refractivity contribution in [3.63, 3.8) is 0 Å². The first-order chi connectivity index (χ1) is 9.84. The molecular weight excluding hydrogens is 283 g/mol. The van der Waals surface area contributed by atoms with Gasteiger partial charge in [0.15, 0.2) is 0 Å². The van der Waals surface area contributed by atoms with E-state index in [4.69, 9.17) is 4.74 Å². The van der Waals surface area contributed by atoms with Crippen LogP contribution in [0.2, 0.25) is 0 Å². The van der Waals surface area contributed by atoms with Crippen LogP contribution in [0.3, 0.4) is 0 Å². The first-order valence-corrected chi connectivity index (χ1v) is 7.01. The lowest BCUT2D eigenvalue weighted by atomic mass is 9.95. The van der Waals surface area contributed by atoms with Gasteiger partial charge in [0.25, 0.3) is 0 Å². The lowest BCUT2D eigenvalue weighted by Crippen LogP contribution is -2.39. The number of rotatable bonds is 3. The van der Waals surface area contributed by atoms with Crippen molar-refractivity contribution in [3.8, 4) is 5.75 Å². The summed E-state index contributed by atoms with van der Waals surface area (Å²) in [6, 6.07) is 5.35. The highest BCUT2D eigenvalue weighted by atomic mass is 19.4. The molecule has 0 bridgehead atoms. The first kappa shape index (κ1) is 15.9. The number of ether oxygens (including phenoxy) is 1. The van der Waals surface area contributed by atoms with E-state index in [1.807, 2.05) is 11.0 Å². The minimum Gasteiger partial charge on any atom is -0.496 e. The second kappa shape index (κ2) is 6.13. The van der Waals surface area contributed by atoms with Crippen molar-refractivity contribution < 1.29 is 23.0 Å². The van der Waals surface area contributed by atoms with Crippen LogP contribution in [-0.2, 0) is 0 Å². The molecule has 1 fully saturated rings.